The molecule has 1 amide bonds. The fourth-order valence-corrected chi connectivity index (χ4v) is 2.49. The molecule has 120 valence electrons. The van der Waals surface area contributed by atoms with Crippen LogP contribution in [0, 0.1) is 0 Å². The van der Waals surface area contributed by atoms with Gasteiger partial charge in [0.2, 0.25) is 0 Å². The average Bonchev–Trinajstić information content (AvgIpc) is 3.10. The van der Waals surface area contributed by atoms with Crippen LogP contribution in [0.1, 0.15) is 11.3 Å². The molecule has 2 heterocycles. The molecule has 1 aliphatic rings. The van der Waals surface area contributed by atoms with Crippen molar-refractivity contribution in [3.8, 4) is 5.75 Å². The summed E-state index contributed by atoms with van der Waals surface area (Å²) < 4.78 is 16.1. The summed E-state index contributed by atoms with van der Waals surface area (Å²) in [6, 6.07) is 11.4. The van der Waals surface area contributed by atoms with Gasteiger partial charge in [0.15, 0.2) is 0 Å². The first-order chi connectivity index (χ1) is 11.3. The van der Waals surface area contributed by atoms with Gasteiger partial charge in [0.1, 0.15) is 18.1 Å². The summed E-state index contributed by atoms with van der Waals surface area (Å²) in [7, 11) is 1.62. The quantitative estimate of drug-likeness (QED) is 0.823. The van der Waals surface area contributed by atoms with Crippen LogP contribution < -0.4 is 4.74 Å². The molecule has 0 saturated heterocycles. The number of benzene rings is 1. The van der Waals surface area contributed by atoms with Crippen LogP contribution >= 0.6 is 0 Å². The Labute approximate surface area is 135 Å². The van der Waals surface area contributed by atoms with Crippen molar-refractivity contribution in [1.82, 2.24) is 4.90 Å². The van der Waals surface area contributed by atoms with Gasteiger partial charge >= 0.3 is 0 Å². The third kappa shape index (κ3) is 3.63. The van der Waals surface area contributed by atoms with Crippen LogP contribution in [0.2, 0.25) is 0 Å². The average molecular weight is 313 g/mol. The van der Waals surface area contributed by atoms with Crippen molar-refractivity contribution in [2.24, 2.45) is 0 Å². The Hall–Kier alpha value is -2.53. The first-order valence-electron chi connectivity index (χ1n) is 7.51. The van der Waals surface area contributed by atoms with Gasteiger partial charge in [-0.1, -0.05) is 18.2 Å². The van der Waals surface area contributed by atoms with Crippen LogP contribution in [0.5, 0.6) is 5.75 Å². The molecule has 0 saturated carbocycles. The molecule has 1 aromatic heterocycles. The molecule has 1 aliphatic heterocycles. The molecule has 0 radical (unpaired) electrons. The summed E-state index contributed by atoms with van der Waals surface area (Å²) >= 11 is 0. The van der Waals surface area contributed by atoms with E-state index in [0.29, 0.717) is 25.3 Å². The Bertz CT molecular complexity index is 691. The lowest BCUT2D eigenvalue weighted by molar-refractivity contribution is -0.129. The van der Waals surface area contributed by atoms with Crippen molar-refractivity contribution in [1.29, 1.82) is 0 Å². The second kappa shape index (κ2) is 7.15. The maximum atomic E-state index is 12.8. The van der Waals surface area contributed by atoms with Crippen molar-refractivity contribution >= 4 is 12.0 Å². The zero-order chi connectivity index (χ0) is 16.1. The number of hydrogen-bond donors (Lipinski definition) is 0. The monoisotopic (exact) mass is 313 g/mol. The topological polar surface area (TPSA) is 51.9 Å². The van der Waals surface area contributed by atoms with Crippen LogP contribution in [-0.2, 0) is 16.1 Å². The van der Waals surface area contributed by atoms with Gasteiger partial charge in [-0.05, 0) is 24.3 Å². The molecule has 2 aromatic rings. The van der Waals surface area contributed by atoms with Gasteiger partial charge in [-0.25, -0.2) is 0 Å². The van der Waals surface area contributed by atoms with Crippen molar-refractivity contribution in [3.05, 3.63) is 59.6 Å². The molecule has 0 bridgehead atoms. The number of amides is 1. The highest BCUT2D eigenvalue weighted by Gasteiger charge is 2.23. The summed E-state index contributed by atoms with van der Waals surface area (Å²) in [5.41, 5.74) is 1.55. The zero-order valence-corrected chi connectivity index (χ0v) is 13.0. The SMILES string of the molecule is COCCN(Cc1ccco1)C(=O)C1=Cc2ccccc2OC1. The highest BCUT2D eigenvalue weighted by molar-refractivity contribution is 5.99. The Morgan fingerprint density at radius 1 is 1.26 bits per heavy atom. The third-order valence-corrected chi connectivity index (χ3v) is 3.69. The summed E-state index contributed by atoms with van der Waals surface area (Å²) in [4.78, 5) is 14.5. The minimum absolute atomic E-state index is 0.0621. The predicted molar refractivity (Wildman–Crippen MR) is 85.9 cm³/mol. The minimum Gasteiger partial charge on any atom is -0.488 e. The summed E-state index contributed by atoms with van der Waals surface area (Å²) in [5.74, 6) is 1.48. The second-order valence-electron chi connectivity index (χ2n) is 5.29. The van der Waals surface area contributed by atoms with E-state index in [9.17, 15) is 4.79 Å². The van der Waals surface area contributed by atoms with Crippen molar-refractivity contribution in [2.75, 3.05) is 26.9 Å². The normalized spacial score (nSPS) is 13.0. The molecule has 0 aliphatic carbocycles. The minimum atomic E-state index is -0.0621. The Balaban J connectivity index is 1.79. The van der Waals surface area contributed by atoms with E-state index in [0.717, 1.165) is 17.1 Å². The van der Waals surface area contributed by atoms with E-state index < -0.39 is 0 Å². The Morgan fingerprint density at radius 2 is 2.13 bits per heavy atom. The molecule has 3 rings (SSSR count). The maximum Gasteiger partial charge on any atom is 0.253 e. The number of ether oxygens (including phenoxy) is 2. The van der Waals surface area contributed by atoms with Gasteiger partial charge in [-0.2, -0.15) is 0 Å². The van der Waals surface area contributed by atoms with Gasteiger partial charge in [-0.15, -0.1) is 0 Å². The number of methoxy groups -OCH3 is 1. The highest BCUT2D eigenvalue weighted by Crippen LogP contribution is 2.26. The lowest BCUT2D eigenvalue weighted by Crippen LogP contribution is -2.36. The van der Waals surface area contributed by atoms with E-state index in [-0.39, 0.29) is 12.5 Å². The van der Waals surface area contributed by atoms with Gasteiger partial charge in [-0.3, -0.25) is 4.79 Å². The molecule has 0 spiro atoms. The number of carbonyl (C=O) groups excluding carboxylic acids is 1. The van der Waals surface area contributed by atoms with Crippen LogP contribution in [0.25, 0.3) is 6.08 Å². The number of furan rings is 1. The Morgan fingerprint density at radius 3 is 2.91 bits per heavy atom. The summed E-state index contributed by atoms with van der Waals surface area (Å²) in [6.45, 7) is 1.65. The van der Waals surface area contributed by atoms with E-state index in [2.05, 4.69) is 0 Å². The third-order valence-electron chi connectivity index (χ3n) is 3.69. The molecule has 5 nitrogen and oxygen atoms in total. The van der Waals surface area contributed by atoms with Crippen molar-refractivity contribution in [3.63, 3.8) is 0 Å². The molecule has 23 heavy (non-hydrogen) atoms. The van der Waals surface area contributed by atoms with Crippen LogP contribution in [0.3, 0.4) is 0 Å². The lowest BCUT2D eigenvalue weighted by Gasteiger charge is -2.25. The molecule has 0 N–H and O–H groups in total. The fourth-order valence-electron chi connectivity index (χ4n) is 2.49. The first-order valence-corrected chi connectivity index (χ1v) is 7.51. The van der Waals surface area contributed by atoms with E-state index in [1.807, 2.05) is 42.5 Å². The van der Waals surface area contributed by atoms with E-state index in [1.165, 1.54) is 0 Å². The molecular weight excluding hydrogens is 294 g/mol. The van der Waals surface area contributed by atoms with Gasteiger partial charge < -0.3 is 18.8 Å². The second-order valence-corrected chi connectivity index (χ2v) is 5.29. The molecule has 0 unspecified atom stereocenters. The number of hydrogen-bond acceptors (Lipinski definition) is 4. The first kappa shape index (κ1) is 15.4. The molecule has 1 aromatic carbocycles. The maximum absolute atomic E-state index is 12.8. The number of rotatable bonds is 6. The van der Waals surface area contributed by atoms with Gasteiger partial charge in [0.05, 0.1) is 25.0 Å². The van der Waals surface area contributed by atoms with Crippen molar-refractivity contribution in [2.45, 2.75) is 6.54 Å². The summed E-state index contributed by atoms with van der Waals surface area (Å²) in [5, 5.41) is 0. The zero-order valence-electron chi connectivity index (χ0n) is 13.0. The molecule has 0 atom stereocenters. The number of nitrogens with zero attached hydrogens (tertiary/aromatic N) is 1. The standard InChI is InChI=1S/C18H19NO4/c1-21-10-8-19(12-16-6-4-9-22-16)18(20)15-11-14-5-2-3-7-17(14)23-13-15/h2-7,9,11H,8,10,12-13H2,1H3. The van der Waals surface area contributed by atoms with E-state index in [4.69, 9.17) is 13.9 Å². The van der Waals surface area contributed by atoms with Crippen LogP contribution in [0.4, 0.5) is 0 Å². The fraction of sp³-hybridized carbons (Fsp3) is 0.278. The highest BCUT2D eigenvalue weighted by atomic mass is 16.5. The van der Waals surface area contributed by atoms with Gasteiger partial charge in [0, 0.05) is 19.2 Å². The van der Waals surface area contributed by atoms with E-state index in [1.54, 1.807) is 18.3 Å². The van der Waals surface area contributed by atoms with E-state index >= 15 is 0 Å². The lowest BCUT2D eigenvalue weighted by atomic mass is 10.1. The van der Waals surface area contributed by atoms with Crippen LogP contribution in [0.15, 0.2) is 52.7 Å². The number of para-hydroxylation sites is 1. The predicted octanol–water partition coefficient (Wildman–Crippen LogP) is 2.73. The molecular formula is C18H19NO4. The number of carbonyl (C=O) groups is 1. The molecule has 5 heteroatoms. The smallest absolute Gasteiger partial charge is 0.253 e. The summed E-state index contributed by atoms with van der Waals surface area (Å²) in [6.07, 6.45) is 3.50. The Kier molecular flexibility index (Phi) is 4.78. The largest absolute Gasteiger partial charge is 0.488 e. The van der Waals surface area contributed by atoms with Crippen LogP contribution in [-0.4, -0.2) is 37.7 Å². The van der Waals surface area contributed by atoms with Crippen molar-refractivity contribution < 1.29 is 18.7 Å². The molecule has 0 fully saturated rings. The number of fused-ring (bicyclic) bond motifs is 1. The van der Waals surface area contributed by atoms with Gasteiger partial charge in [0.25, 0.3) is 5.91 Å².